The first-order valence-electron chi connectivity index (χ1n) is 6.80. The maximum absolute atomic E-state index is 12.0. The van der Waals surface area contributed by atoms with E-state index in [9.17, 15) is 14.4 Å². The van der Waals surface area contributed by atoms with Gasteiger partial charge >= 0.3 is 6.09 Å². The van der Waals surface area contributed by atoms with Crippen LogP contribution >= 0.6 is 27.3 Å². The van der Waals surface area contributed by atoms with Crippen LogP contribution in [0.3, 0.4) is 0 Å². The number of carbonyl (C=O) groups is 3. The Morgan fingerprint density at radius 1 is 1.48 bits per heavy atom. The topological polar surface area (TPSA) is 94.6 Å². The highest BCUT2D eigenvalue weighted by Crippen LogP contribution is 2.27. The summed E-state index contributed by atoms with van der Waals surface area (Å²) in [6, 6.07) is -1.01. The fraction of sp³-hybridized carbons (Fsp3) is 0.571. The molecule has 1 rings (SSSR count). The lowest BCUT2D eigenvalue weighted by Crippen LogP contribution is -2.46. The molecule has 0 aliphatic rings. The van der Waals surface area contributed by atoms with Crippen molar-refractivity contribution in [2.45, 2.75) is 45.4 Å². The number of nitrogens with one attached hydrogen (secondary N) is 1. The van der Waals surface area contributed by atoms with E-state index in [1.54, 1.807) is 26.2 Å². The quantitative estimate of drug-likeness (QED) is 0.699. The number of hydrogen-bond acceptors (Lipinski definition) is 7. The fourth-order valence-electron chi connectivity index (χ4n) is 1.68. The van der Waals surface area contributed by atoms with Crippen molar-refractivity contribution in [3.8, 4) is 0 Å². The summed E-state index contributed by atoms with van der Waals surface area (Å²) in [5.74, 6) is -0.335. The molecule has 0 aliphatic carbocycles. The van der Waals surface area contributed by atoms with Gasteiger partial charge in [0.1, 0.15) is 40.3 Å². The molecule has 2 atom stereocenters. The molecular formula is C14H19BrN2O5S. The highest BCUT2D eigenvalue weighted by Gasteiger charge is 2.33. The molecule has 128 valence electrons. The van der Waals surface area contributed by atoms with Crippen molar-refractivity contribution in [3.63, 3.8) is 0 Å². The summed E-state index contributed by atoms with van der Waals surface area (Å²) >= 11 is 4.47. The average molecular weight is 407 g/mol. The molecule has 1 heterocycles. The van der Waals surface area contributed by atoms with E-state index in [0.717, 1.165) is 0 Å². The predicted octanol–water partition coefficient (Wildman–Crippen LogP) is 2.64. The summed E-state index contributed by atoms with van der Waals surface area (Å²) < 4.78 is 11.2. The van der Waals surface area contributed by atoms with E-state index in [-0.39, 0.29) is 12.4 Å². The van der Waals surface area contributed by atoms with Crippen LogP contribution in [0.25, 0.3) is 0 Å². The Balaban J connectivity index is 2.98. The third-order valence-electron chi connectivity index (χ3n) is 2.49. The first-order valence-corrected chi connectivity index (χ1v) is 8.47. The zero-order valence-corrected chi connectivity index (χ0v) is 15.7. The van der Waals surface area contributed by atoms with Crippen molar-refractivity contribution in [2.75, 3.05) is 6.61 Å². The standard InChI is InChI=1S/C14H19BrN2O5S/c1-8(19)10(17-13(20)22-14(2,3)4)11(21-6-5-18)12-16-9(15)7-23-12/h5,7,10-11H,6H2,1-4H3,(H,17,20)/t10-,11+/m1/s1. The Hall–Kier alpha value is -1.32. The van der Waals surface area contributed by atoms with Gasteiger partial charge in [0.2, 0.25) is 0 Å². The molecule has 1 aromatic heterocycles. The Kier molecular flexibility index (Phi) is 7.30. The monoisotopic (exact) mass is 406 g/mol. The van der Waals surface area contributed by atoms with Crippen LogP contribution in [0.5, 0.6) is 0 Å². The molecule has 0 spiro atoms. The van der Waals surface area contributed by atoms with Crippen LogP contribution in [0.15, 0.2) is 9.98 Å². The van der Waals surface area contributed by atoms with E-state index in [4.69, 9.17) is 9.47 Å². The molecule has 0 aromatic carbocycles. The number of ketones is 1. The second kappa shape index (κ2) is 8.51. The van der Waals surface area contributed by atoms with Crippen LogP contribution in [0.1, 0.15) is 38.8 Å². The summed E-state index contributed by atoms with van der Waals surface area (Å²) in [5, 5.41) is 4.68. The molecule has 23 heavy (non-hydrogen) atoms. The first-order chi connectivity index (χ1) is 10.6. The zero-order chi connectivity index (χ0) is 17.6. The molecule has 0 fully saturated rings. The van der Waals surface area contributed by atoms with Crippen LogP contribution in [-0.4, -0.2) is 41.4 Å². The Morgan fingerprint density at radius 3 is 2.57 bits per heavy atom. The molecule has 0 unspecified atom stereocenters. The number of alkyl carbamates (subject to hydrolysis) is 1. The Morgan fingerprint density at radius 2 is 2.13 bits per heavy atom. The second-order valence-corrected chi connectivity index (χ2v) is 7.37. The molecule has 0 bridgehead atoms. The van der Waals surface area contributed by atoms with E-state index in [0.29, 0.717) is 15.9 Å². The molecule has 9 heteroatoms. The largest absolute Gasteiger partial charge is 0.444 e. The van der Waals surface area contributed by atoms with Gasteiger partial charge in [0.05, 0.1) is 0 Å². The molecular weight excluding hydrogens is 388 g/mol. The molecule has 1 aromatic rings. The summed E-state index contributed by atoms with van der Waals surface area (Å²) in [7, 11) is 0. The van der Waals surface area contributed by atoms with Crippen molar-refractivity contribution in [1.29, 1.82) is 0 Å². The number of amides is 1. The number of aromatic nitrogens is 1. The maximum Gasteiger partial charge on any atom is 0.408 e. The lowest BCUT2D eigenvalue weighted by atomic mass is 10.1. The lowest BCUT2D eigenvalue weighted by Gasteiger charge is -2.26. The van der Waals surface area contributed by atoms with Crippen molar-refractivity contribution >= 4 is 45.4 Å². The van der Waals surface area contributed by atoms with Crippen LogP contribution < -0.4 is 5.32 Å². The van der Waals surface area contributed by atoms with Crippen LogP contribution in [0.2, 0.25) is 0 Å². The fourth-order valence-corrected chi connectivity index (χ4v) is 3.02. The highest BCUT2D eigenvalue weighted by atomic mass is 79.9. The smallest absolute Gasteiger partial charge is 0.408 e. The SMILES string of the molecule is CC(=O)[C@@H](NC(=O)OC(C)(C)C)[C@H](OCC=O)c1nc(Br)cs1. The van der Waals surface area contributed by atoms with Crippen LogP contribution in [0.4, 0.5) is 4.79 Å². The van der Waals surface area contributed by atoms with Gasteiger partial charge in [-0.25, -0.2) is 9.78 Å². The third kappa shape index (κ3) is 6.76. The van der Waals surface area contributed by atoms with E-state index in [1.165, 1.54) is 18.3 Å². The van der Waals surface area contributed by atoms with Crippen LogP contribution in [0, 0.1) is 0 Å². The number of Topliss-reactive ketones (excluding diaryl/α,β-unsaturated/α-hetero) is 1. The number of ether oxygens (including phenoxy) is 2. The van der Waals surface area contributed by atoms with Gasteiger partial charge in [-0.2, -0.15) is 0 Å². The summed E-state index contributed by atoms with van der Waals surface area (Å²) in [6.45, 7) is 6.25. The normalized spacial score (nSPS) is 14.0. The van der Waals surface area contributed by atoms with Gasteiger partial charge in [-0.15, -0.1) is 11.3 Å². The van der Waals surface area contributed by atoms with Gasteiger partial charge in [0, 0.05) is 5.38 Å². The van der Waals surface area contributed by atoms with Gasteiger partial charge in [-0.1, -0.05) is 0 Å². The second-order valence-electron chi connectivity index (χ2n) is 5.66. The molecule has 0 aliphatic heterocycles. The Labute approximate surface area is 146 Å². The maximum atomic E-state index is 12.0. The number of rotatable bonds is 7. The van der Waals surface area contributed by atoms with E-state index in [1.807, 2.05) is 0 Å². The number of halogens is 1. The van der Waals surface area contributed by atoms with Gasteiger partial charge in [-0.05, 0) is 43.6 Å². The minimum Gasteiger partial charge on any atom is -0.444 e. The zero-order valence-electron chi connectivity index (χ0n) is 13.3. The van der Waals surface area contributed by atoms with Crippen molar-refractivity contribution in [2.24, 2.45) is 0 Å². The van der Waals surface area contributed by atoms with E-state index in [2.05, 4.69) is 26.2 Å². The van der Waals surface area contributed by atoms with E-state index < -0.39 is 23.8 Å². The number of aldehydes is 1. The predicted molar refractivity (Wildman–Crippen MR) is 88.4 cm³/mol. The minimum absolute atomic E-state index is 0.221. The summed E-state index contributed by atoms with van der Waals surface area (Å²) in [6.07, 6.45) is -1.05. The number of carbonyl (C=O) groups excluding carboxylic acids is 3. The molecule has 7 nitrogen and oxygen atoms in total. The van der Waals surface area contributed by atoms with Crippen molar-refractivity contribution < 1.29 is 23.9 Å². The lowest BCUT2D eigenvalue weighted by molar-refractivity contribution is -0.126. The summed E-state index contributed by atoms with van der Waals surface area (Å²) in [5.41, 5.74) is -0.700. The third-order valence-corrected chi connectivity index (χ3v) is 4.11. The van der Waals surface area contributed by atoms with E-state index >= 15 is 0 Å². The minimum atomic E-state index is -1.01. The molecule has 1 amide bonds. The molecule has 0 radical (unpaired) electrons. The first kappa shape index (κ1) is 19.7. The van der Waals surface area contributed by atoms with Crippen molar-refractivity contribution in [1.82, 2.24) is 10.3 Å². The van der Waals surface area contributed by atoms with Gasteiger partial charge in [0.15, 0.2) is 5.78 Å². The number of hydrogen-bond donors (Lipinski definition) is 1. The highest BCUT2D eigenvalue weighted by molar-refractivity contribution is 9.10. The Bertz CT molecular complexity index is 570. The van der Waals surface area contributed by atoms with Gasteiger partial charge in [-0.3, -0.25) is 4.79 Å². The number of nitrogens with zero attached hydrogens (tertiary/aromatic N) is 1. The van der Waals surface area contributed by atoms with Gasteiger partial charge in [0.25, 0.3) is 0 Å². The molecule has 0 saturated carbocycles. The van der Waals surface area contributed by atoms with Gasteiger partial charge < -0.3 is 19.6 Å². The van der Waals surface area contributed by atoms with Crippen LogP contribution in [-0.2, 0) is 19.1 Å². The summed E-state index contributed by atoms with van der Waals surface area (Å²) in [4.78, 5) is 38.7. The van der Waals surface area contributed by atoms with Crippen molar-refractivity contribution in [3.05, 3.63) is 15.0 Å². The average Bonchev–Trinajstić information content (AvgIpc) is 2.82. The molecule has 1 N–H and O–H groups in total. The number of thiazole rings is 1. The molecule has 0 saturated heterocycles.